The van der Waals surface area contributed by atoms with Crippen LogP contribution >= 0.6 is 0 Å². The average Bonchev–Trinajstić information content (AvgIpc) is 2.73. The van der Waals surface area contributed by atoms with Crippen molar-refractivity contribution in [1.29, 1.82) is 0 Å². The molecule has 1 atom stereocenters. The molecule has 0 aromatic rings. The second-order valence-corrected chi connectivity index (χ2v) is 13.7. The largest absolute Gasteiger partial charge is 0.395 e. The highest BCUT2D eigenvalue weighted by atomic mass is 28.4. The van der Waals surface area contributed by atoms with Gasteiger partial charge in [-0.1, -0.05) is 136 Å². The van der Waals surface area contributed by atoms with E-state index in [0.29, 0.717) is 6.10 Å². The summed E-state index contributed by atoms with van der Waals surface area (Å²) in [6.07, 6.45) is 29.4. The van der Waals surface area contributed by atoms with Gasteiger partial charge in [-0.3, -0.25) is 0 Å². The van der Waals surface area contributed by atoms with E-state index in [2.05, 4.69) is 33.9 Å². The topological polar surface area (TPSA) is 18.5 Å². The van der Waals surface area contributed by atoms with Crippen molar-refractivity contribution in [2.45, 2.75) is 175 Å². The normalized spacial score (nSPS) is 13.1. The van der Waals surface area contributed by atoms with E-state index in [1.807, 2.05) is 0 Å². The van der Waals surface area contributed by atoms with Crippen LogP contribution in [0.5, 0.6) is 0 Å². The van der Waals surface area contributed by atoms with Gasteiger partial charge in [-0.2, -0.15) is 0 Å². The predicted octanol–water partition coefficient (Wildman–Crippen LogP) is 10.3. The van der Waals surface area contributed by atoms with Gasteiger partial charge in [-0.25, -0.2) is 0 Å². The molecule has 0 saturated heterocycles. The Hall–Kier alpha value is 0.137. The molecule has 0 heterocycles. The molecule has 188 valence electrons. The van der Waals surface area contributed by atoms with Gasteiger partial charge in [0.25, 0.3) is 0 Å². The van der Waals surface area contributed by atoms with Gasteiger partial charge in [-0.15, -0.1) is 0 Å². The molecular formula is C28H60O2Si. The first kappa shape index (κ1) is 31.1. The van der Waals surface area contributed by atoms with E-state index in [9.17, 15) is 0 Å². The lowest BCUT2D eigenvalue weighted by Gasteiger charge is -2.27. The average molecular weight is 457 g/mol. The summed E-state index contributed by atoms with van der Waals surface area (Å²) in [6.45, 7) is 12.1. The van der Waals surface area contributed by atoms with E-state index in [-0.39, 0.29) is 0 Å². The summed E-state index contributed by atoms with van der Waals surface area (Å²) in [6, 6.07) is 0. The van der Waals surface area contributed by atoms with Crippen LogP contribution in [0.3, 0.4) is 0 Å². The smallest absolute Gasteiger partial charge is 0.331 e. The van der Waals surface area contributed by atoms with Gasteiger partial charge in [0.2, 0.25) is 0 Å². The molecule has 2 nitrogen and oxygen atoms in total. The van der Waals surface area contributed by atoms with E-state index >= 15 is 0 Å². The van der Waals surface area contributed by atoms with Gasteiger partial charge >= 0.3 is 8.56 Å². The maximum atomic E-state index is 6.30. The van der Waals surface area contributed by atoms with Crippen molar-refractivity contribution in [2.24, 2.45) is 0 Å². The van der Waals surface area contributed by atoms with Gasteiger partial charge in [0.15, 0.2) is 0 Å². The highest BCUT2D eigenvalue weighted by Gasteiger charge is 2.26. The van der Waals surface area contributed by atoms with Gasteiger partial charge in [0, 0.05) is 12.7 Å². The first-order chi connectivity index (χ1) is 15.0. The molecule has 0 aromatic heterocycles. The monoisotopic (exact) mass is 456 g/mol. The summed E-state index contributed by atoms with van der Waals surface area (Å²) in [5.74, 6) is 0. The lowest BCUT2D eigenvalue weighted by Crippen LogP contribution is -2.38. The zero-order chi connectivity index (χ0) is 23.0. The zero-order valence-electron chi connectivity index (χ0n) is 22.5. The van der Waals surface area contributed by atoms with Crippen LogP contribution < -0.4 is 0 Å². The molecule has 31 heavy (non-hydrogen) atoms. The Labute approximate surface area is 198 Å². The van der Waals surface area contributed by atoms with Crippen LogP contribution in [0.1, 0.15) is 156 Å². The summed E-state index contributed by atoms with van der Waals surface area (Å²) in [5.41, 5.74) is 0. The Balaban J connectivity index is 3.40. The molecule has 1 unspecified atom stereocenters. The molecule has 0 fully saturated rings. The molecule has 0 spiro atoms. The summed E-state index contributed by atoms with van der Waals surface area (Å²) in [7, 11) is -1.95. The molecule has 0 N–H and O–H groups in total. The highest BCUT2D eigenvalue weighted by Crippen LogP contribution is 2.17. The molecule has 0 bridgehead atoms. The van der Waals surface area contributed by atoms with Crippen LogP contribution in [0.4, 0.5) is 0 Å². The van der Waals surface area contributed by atoms with Crippen molar-refractivity contribution in [3.8, 4) is 0 Å². The number of hydrogen-bond donors (Lipinski definition) is 0. The van der Waals surface area contributed by atoms with Crippen molar-refractivity contribution in [2.75, 3.05) is 6.61 Å². The molecule has 0 saturated carbocycles. The zero-order valence-corrected chi connectivity index (χ0v) is 23.5. The van der Waals surface area contributed by atoms with Gasteiger partial charge in [0.1, 0.15) is 0 Å². The third-order valence-electron chi connectivity index (χ3n) is 6.40. The number of hydrogen-bond acceptors (Lipinski definition) is 2. The van der Waals surface area contributed by atoms with Crippen LogP contribution in [0.2, 0.25) is 13.1 Å². The highest BCUT2D eigenvalue weighted by molar-refractivity contribution is 6.64. The van der Waals surface area contributed by atoms with Crippen LogP contribution in [0.15, 0.2) is 0 Å². The fraction of sp³-hybridized carbons (Fsp3) is 1.00. The lowest BCUT2D eigenvalue weighted by molar-refractivity contribution is 0.122. The van der Waals surface area contributed by atoms with Crippen LogP contribution in [-0.4, -0.2) is 21.3 Å². The fourth-order valence-corrected chi connectivity index (χ4v) is 6.19. The lowest BCUT2D eigenvalue weighted by atomic mass is 10.0. The summed E-state index contributed by atoms with van der Waals surface area (Å²) < 4.78 is 12.5. The number of unbranched alkanes of at least 4 members (excludes halogenated alkanes) is 18. The van der Waals surface area contributed by atoms with Crippen molar-refractivity contribution in [1.82, 2.24) is 0 Å². The first-order valence-corrected chi connectivity index (χ1v) is 17.1. The Morgan fingerprint density at radius 1 is 0.516 bits per heavy atom. The molecule has 0 aliphatic rings. The molecule has 0 amide bonds. The van der Waals surface area contributed by atoms with Crippen molar-refractivity contribution in [3.05, 3.63) is 0 Å². The van der Waals surface area contributed by atoms with E-state index in [1.165, 1.54) is 135 Å². The molecular weight excluding hydrogens is 396 g/mol. The van der Waals surface area contributed by atoms with Crippen molar-refractivity contribution in [3.63, 3.8) is 0 Å². The van der Waals surface area contributed by atoms with Crippen LogP contribution in [-0.2, 0) is 8.85 Å². The molecule has 0 aromatic carbocycles. The molecule has 3 heteroatoms. The second kappa shape index (κ2) is 23.3. The quantitative estimate of drug-likeness (QED) is 0.100. The van der Waals surface area contributed by atoms with Gasteiger partial charge in [0.05, 0.1) is 0 Å². The van der Waals surface area contributed by atoms with Crippen molar-refractivity contribution < 1.29 is 8.85 Å². The van der Waals surface area contributed by atoms with Crippen LogP contribution in [0, 0.1) is 0 Å². The third kappa shape index (κ3) is 24.6. The minimum Gasteiger partial charge on any atom is -0.395 e. The summed E-state index contributed by atoms with van der Waals surface area (Å²) >= 11 is 0. The summed E-state index contributed by atoms with van der Waals surface area (Å²) in [5, 5.41) is 0. The Morgan fingerprint density at radius 3 is 1.29 bits per heavy atom. The van der Waals surface area contributed by atoms with Gasteiger partial charge in [-0.05, 0) is 32.9 Å². The minimum absolute atomic E-state index is 0.351. The predicted molar refractivity (Wildman–Crippen MR) is 142 cm³/mol. The molecule has 0 rings (SSSR count). The van der Waals surface area contributed by atoms with Crippen molar-refractivity contribution >= 4 is 8.56 Å². The standard InChI is InChI=1S/C28H60O2Si/c1-6-8-10-12-14-15-16-17-18-19-20-21-23-25-27-29-31(4,5)30-28(3)26-24-22-13-11-9-7-2/h28H,6-27H2,1-5H3. The second-order valence-electron chi connectivity index (χ2n) is 10.3. The SMILES string of the molecule is CCCCCCCCCCCCCCCCO[Si](C)(C)OC(C)CCCCCCCC. The van der Waals surface area contributed by atoms with E-state index in [4.69, 9.17) is 8.85 Å². The van der Waals surface area contributed by atoms with E-state index in [1.54, 1.807) is 0 Å². The Bertz CT molecular complexity index is 346. The first-order valence-electron chi connectivity index (χ1n) is 14.3. The Morgan fingerprint density at radius 2 is 0.871 bits per heavy atom. The summed E-state index contributed by atoms with van der Waals surface area (Å²) in [4.78, 5) is 0. The molecule has 0 aliphatic heterocycles. The van der Waals surface area contributed by atoms with E-state index in [0.717, 1.165) is 6.61 Å². The third-order valence-corrected chi connectivity index (χ3v) is 8.27. The fourth-order valence-electron chi connectivity index (χ4n) is 4.40. The van der Waals surface area contributed by atoms with Crippen LogP contribution in [0.25, 0.3) is 0 Å². The Kier molecular flexibility index (Phi) is 23.4. The maximum Gasteiger partial charge on any atom is 0.331 e. The minimum atomic E-state index is -1.95. The number of rotatable bonds is 25. The molecule has 0 radical (unpaired) electrons. The van der Waals surface area contributed by atoms with E-state index < -0.39 is 8.56 Å². The maximum absolute atomic E-state index is 6.30. The van der Waals surface area contributed by atoms with Gasteiger partial charge < -0.3 is 8.85 Å². The molecule has 0 aliphatic carbocycles.